The van der Waals surface area contributed by atoms with E-state index >= 15 is 0 Å². The van der Waals surface area contributed by atoms with Gasteiger partial charge >= 0.3 is 0 Å². The summed E-state index contributed by atoms with van der Waals surface area (Å²) in [7, 11) is 1.59. The molecule has 2 aromatic rings. The first-order valence-corrected chi connectivity index (χ1v) is 9.98. The molecule has 1 N–H and O–H groups in total. The highest BCUT2D eigenvalue weighted by atomic mass is 16.5. The number of ether oxygens (including phenoxy) is 2. The smallest absolute Gasteiger partial charge is 0.227 e. The average molecular weight is 394 g/mol. The van der Waals surface area contributed by atoms with Gasteiger partial charge in [0.25, 0.3) is 0 Å². The van der Waals surface area contributed by atoms with Gasteiger partial charge in [0.2, 0.25) is 11.8 Å². The Morgan fingerprint density at radius 3 is 2.90 bits per heavy atom. The van der Waals surface area contributed by atoms with E-state index in [0.717, 1.165) is 23.4 Å². The number of nitrogens with one attached hydrogen (secondary N) is 1. The molecular formula is C23H26N2O4. The van der Waals surface area contributed by atoms with Crippen molar-refractivity contribution in [3.8, 4) is 11.5 Å². The van der Waals surface area contributed by atoms with Gasteiger partial charge in [-0.15, -0.1) is 0 Å². The zero-order chi connectivity index (χ0) is 20.4. The number of carbonyl (C=O) groups is 2. The number of fused-ring (bicyclic) bond motifs is 1. The largest absolute Gasteiger partial charge is 0.495 e. The summed E-state index contributed by atoms with van der Waals surface area (Å²) in [4.78, 5) is 27.0. The molecule has 6 nitrogen and oxygen atoms in total. The Hall–Kier alpha value is -3.02. The summed E-state index contributed by atoms with van der Waals surface area (Å²) >= 11 is 0. The number of para-hydroxylation sites is 1. The Morgan fingerprint density at radius 1 is 1.24 bits per heavy atom. The first-order valence-electron chi connectivity index (χ1n) is 9.98. The van der Waals surface area contributed by atoms with Crippen molar-refractivity contribution in [2.45, 2.75) is 19.8 Å². The summed E-state index contributed by atoms with van der Waals surface area (Å²) in [6.07, 6.45) is 1.10. The van der Waals surface area contributed by atoms with E-state index in [1.807, 2.05) is 43.3 Å². The lowest BCUT2D eigenvalue weighted by Gasteiger charge is -2.26. The Balaban J connectivity index is 1.36. The third-order valence-corrected chi connectivity index (χ3v) is 5.64. The monoisotopic (exact) mass is 394 g/mol. The summed E-state index contributed by atoms with van der Waals surface area (Å²) in [5.74, 6) is 1.32. The normalized spacial score (nSPS) is 20.8. The number of anilines is 1. The Kier molecular flexibility index (Phi) is 5.43. The van der Waals surface area contributed by atoms with Gasteiger partial charge in [0.05, 0.1) is 25.3 Å². The number of carbonyl (C=O) groups excluding carboxylic acids is 2. The van der Waals surface area contributed by atoms with E-state index in [1.165, 1.54) is 5.56 Å². The first kappa shape index (κ1) is 19.3. The minimum atomic E-state index is -0.357. The third kappa shape index (κ3) is 4.06. The molecule has 6 heteroatoms. The van der Waals surface area contributed by atoms with Gasteiger partial charge < -0.3 is 19.7 Å². The number of amides is 2. The Labute approximate surface area is 170 Å². The van der Waals surface area contributed by atoms with E-state index in [4.69, 9.17) is 9.47 Å². The fraction of sp³-hybridized carbons (Fsp3) is 0.391. The van der Waals surface area contributed by atoms with E-state index < -0.39 is 0 Å². The van der Waals surface area contributed by atoms with Crippen LogP contribution >= 0.6 is 0 Å². The topological polar surface area (TPSA) is 67.9 Å². The molecule has 0 radical (unpaired) electrons. The molecule has 4 rings (SSSR count). The number of hydrogen-bond donors (Lipinski definition) is 1. The van der Waals surface area contributed by atoms with Crippen LogP contribution in [0, 0.1) is 18.8 Å². The van der Waals surface area contributed by atoms with Gasteiger partial charge in [0.15, 0.2) is 0 Å². The summed E-state index contributed by atoms with van der Waals surface area (Å²) in [6.45, 7) is 3.48. The number of methoxy groups -OCH3 is 1. The van der Waals surface area contributed by atoms with Gasteiger partial charge in [-0.3, -0.25) is 9.59 Å². The van der Waals surface area contributed by atoms with Crippen molar-refractivity contribution in [1.82, 2.24) is 5.32 Å². The van der Waals surface area contributed by atoms with Gasteiger partial charge in [-0.2, -0.15) is 0 Å². The molecule has 2 atom stereocenters. The molecule has 2 heterocycles. The minimum Gasteiger partial charge on any atom is -0.495 e. The maximum atomic E-state index is 12.7. The lowest BCUT2D eigenvalue weighted by atomic mass is 9.96. The third-order valence-electron chi connectivity index (χ3n) is 5.64. The fourth-order valence-corrected chi connectivity index (χ4v) is 4.04. The molecule has 1 saturated heterocycles. The summed E-state index contributed by atoms with van der Waals surface area (Å²) in [5, 5.41) is 3.03. The van der Waals surface area contributed by atoms with Crippen molar-refractivity contribution < 1.29 is 19.1 Å². The molecule has 2 aliphatic rings. The van der Waals surface area contributed by atoms with Crippen LogP contribution < -0.4 is 19.7 Å². The quantitative estimate of drug-likeness (QED) is 0.847. The molecule has 0 aromatic heterocycles. The molecular weight excluding hydrogens is 368 g/mol. The Morgan fingerprint density at radius 2 is 2.07 bits per heavy atom. The maximum absolute atomic E-state index is 12.7. The molecule has 29 heavy (non-hydrogen) atoms. The van der Waals surface area contributed by atoms with Crippen LogP contribution in [-0.4, -0.2) is 38.6 Å². The summed E-state index contributed by atoms with van der Waals surface area (Å²) < 4.78 is 11.2. The van der Waals surface area contributed by atoms with Crippen LogP contribution in [-0.2, 0) is 16.0 Å². The van der Waals surface area contributed by atoms with Crippen LogP contribution in [0.15, 0.2) is 42.5 Å². The summed E-state index contributed by atoms with van der Waals surface area (Å²) in [5.41, 5.74) is 2.94. The van der Waals surface area contributed by atoms with Crippen LogP contribution in [0.1, 0.15) is 17.5 Å². The predicted octanol–water partition coefficient (Wildman–Crippen LogP) is 2.72. The molecule has 0 aliphatic carbocycles. The molecule has 2 aliphatic heterocycles. The van der Waals surface area contributed by atoms with Crippen LogP contribution in [0.25, 0.3) is 0 Å². The van der Waals surface area contributed by atoms with Crippen LogP contribution in [0.4, 0.5) is 5.69 Å². The highest BCUT2D eigenvalue weighted by Crippen LogP contribution is 2.34. The lowest BCUT2D eigenvalue weighted by Crippen LogP contribution is -2.38. The van der Waals surface area contributed by atoms with Crippen LogP contribution in [0.2, 0.25) is 0 Å². The number of hydrogen-bond acceptors (Lipinski definition) is 4. The van der Waals surface area contributed by atoms with E-state index in [9.17, 15) is 9.59 Å². The van der Waals surface area contributed by atoms with Gasteiger partial charge in [0, 0.05) is 25.4 Å². The summed E-state index contributed by atoms with van der Waals surface area (Å²) in [6, 6.07) is 13.7. The second kappa shape index (κ2) is 8.15. The van der Waals surface area contributed by atoms with Gasteiger partial charge in [-0.05, 0) is 42.7 Å². The second-order valence-corrected chi connectivity index (χ2v) is 7.81. The lowest BCUT2D eigenvalue weighted by molar-refractivity contribution is -0.126. The van der Waals surface area contributed by atoms with E-state index in [-0.39, 0.29) is 30.1 Å². The van der Waals surface area contributed by atoms with Gasteiger partial charge in [0.1, 0.15) is 11.5 Å². The SMILES string of the molecule is COc1ccc(C)cc1N1CC(C(=O)NCC2COc3ccccc3C2)CC1=O. The number of aryl methyl sites for hydroxylation is 1. The van der Waals surface area contributed by atoms with Crippen molar-refractivity contribution in [1.29, 1.82) is 0 Å². The molecule has 152 valence electrons. The predicted molar refractivity (Wildman–Crippen MR) is 110 cm³/mol. The minimum absolute atomic E-state index is 0.0519. The molecule has 0 saturated carbocycles. The van der Waals surface area contributed by atoms with Gasteiger partial charge in [-0.1, -0.05) is 24.3 Å². The van der Waals surface area contributed by atoms with Crippen molar-refractivity contribution in [2.75, 3.05) is 31.7 Å². The van der Waals surface area contributed by atoms with Crippen molar-refractivity contribution >= 4 is 17.5 Å². The van der Waals surface area contributed by atoms with Crippen molar-refractivity contribution in [2.24, 2.45) is 11.8 Å². The molecule has 2 aromatic carbocycles. The second-order valence-electron chi connectivity index (χ2n) is 7.81. The zero-order valence-corrected chi connectivity index (χ0v) is 16.8. The zero-order valence-electron chi connectivity index (χ0n) is 16.8. The molecule has 2 unspecified atom stereocenters. The highest BCUT2D eigenvalue weighted by Gasteiger charge is 2.36. The molecule has 1 fully saturated rings. The number of rotatable bonds is 5. The Bertz CT molecular complexity index is 927. The maximum Gasteiger partial charge on any atom is 0.227 e. The number of benzene rings is 2. The highest BCUT2D eigenvalue weighted by molar-refractivity contribution is 6.01. The number of nitrogens with zero attached hydrogens (tertiary/aromatic N) is 1. The van der Waals surface area contributed by atoms with Gasteiger partial charge in [-0.25, -0.2) is 0 Å². The van der Waals surface area contributed by atoms with E-state index in [0.29, 0.717) is 25.4 Å². The fourth-order valence-electron chi connectivity index (χ4n) is 4.04. The van der Waals surface area contributed by atoms with Crippen molar-refractivity contribution in [3.63, 3.8) is 0 Å². The first-order chi connectivity index (χ1) is 14.0. The molecule has 0 spiro atoms. The average Bonchev–Trinajstić information content (AvgIpc) is 3.13. The van der Waals surface area contributed by atoms with Crippen LogP contribution in [0.3, 0.4) is 0 Å². The van der Waals surface area contributed by atoms with Crippen LogP contribution in [0.5, 0.6) is 11.5 Å². The van der Waals surface area contributed by atoms with E-state index in [2.05, 4.69) is 11.4 Å². The standard InChI is InChI=1S/C23H26N2O4/c1-15-7-8-21(28-2)19(9-15)25-13-18(11-22(25)26)23(27)24-12-16-10-17-5-3-4-6-20(17)29-14-16/h3-9,16,18H,10-14H2,1-2H3,(H,24,27). The van der Waals surface area contributed by atoms with Crippen molar-refractivity contribution in [3.05, 3.63) is 53.6 Å². The molecule has 0 bridgehead atoms. The van der Waals surface area contributed by atoms with E-state index in [1.54, 1.807) is 12.0 Å². The molecule has 2 amide bonds.